The summed E-state index contributed by atoms with van der Waals surface area (Å²) < 4.78 is 56.3. The first-order valence-electron chi connectivity index (χ1n) is 8.01. The molecule has 0 bridgehead atoms. The monoisotopic (exact) mass is 393 g/mol. The van der Waals surface area contributed by atoms with Crippen molar-refractivity contribution in [1.82, 2.24) is 14.3 Å². The van der Waals surface area contributed by atoms with Crippen molar-refractivity contribution < 1.29 is 22.3 Å². The van der Waals surface area contributed by atoms with Gasteiger partial charge in [0.15, 0.2) is 5.82 Å². The zero-order valence-electron chi connectivity index (χ0n) is 14.4. The Bertz CT molecular complexity index is 1080. The van der Waals surface area contributed by atoms with E-state index in [1.54, 1.807) is 13.1 Å². The first-order chi connectivity index (χ1) is 12.9. The fraction of sp³-hybridized carbons (Fsp3) is 0.167. The van der Waals surface area contributed by atoms with Crippen LogP contribution in [0.5, 0.6) is 0 Å². The maximum Gasteiger partial charge on any atom is 0.268 e. The molecule has 27 heavy (non-hydrogen) atoms. The van der Waals surface area contributed by atoms with Gasteiger partial charge in [-0.2, -0.15) is 4.39 Å². The molecule has 0 unspecified atom stereocenters. The fourth-order valence-corrected chi connectivity index (χ4v) is 4.42. The first-order valence-corrected chi connectivity index (χ1v) is 9.45. The van der Waals surface area contributed by atoms with Crippen molar-refractivity contribution in [3.63, 3.8) is 0 Å². The van der Waals surface area contributed by atoms with E-state index in [-0.39, 0.29) is 28.1 Å². The summed E-state index contributed by atoms with van der Waals surface area (Å²) in [5.41, 5.74) is -0.513. The Labute approximate surface area is 155 Å². The molecule has 0 spiro atoms. The highest BCUT2D eigenvalue weighted by Crippen LogP contribution is 2.32. The first kappa shape index (κ1) is 19.2. The molecular weight excluding hydrogens is 376 g/mol. The average molecular weight is 393 g/mol. The van der Waals surface area contributed by atoms with Gasteiger partial charge in [0.2, 0.25) is 5.95 Å². The van der Waals surface area contributed by atoms with Gasteiger partial charge in [0.1, 0.15) is 5.69 Å². The van der Waals surface area contributed by atoms with Crippen molar-refractivity contribution in [2.75, 3.05) is 7.05 Å². The van der Waals surface area contributed by atoms with Crippen LogP contribution >= 0.6 is 0 Å². The lowest BCUT2D eigenvalue weighted by Crippen LogP contribution is -2.16. The zero-order valence-corrected chi connectivity index (χ0v) is 15.2. The van der Waals surface area contributed by atoms with E-state index in [2.05, 4.69) is 10.3 Å². The van der Waals surface area contributed by atoms with Gasteiger partial charge in [-0.3, -0.25) is 0 Å². The van der Waals surface area contributed by atoms with Gasteiger partial charge in [-0.25, -0.2) is 21.8 Å². The Kier molecular flexibility index (Phi) is 5.36. The number of pyridine rings is 1. The molecule has 6 nitrogen and oxygen atoms in total. The second-order valence-electron chi connectivity index (χ2n) is 5.76. The molecule has 3 aromatic rings. The summed E-state index contributed by atoms with van der Waals surface area (Å²) in [5, 5.41) is 12.2. The van der Waals surface area contributed by atoms with E-state index in [1.807, 2.05) is 0 Å². The van der Waals surface area contributed by atoms with Crippen molar-refractivity contribution in [2.45, 2.75) is 18.0 Å². The maximum absolute atomic E-state index is 15.0. The van der Waals surface area contributed by atoms with Crippen LogP contribution in [0.4, 0.5) is 8.78 Å². The summed E-state index contributed by atoms with van der Waals surface area (Å²) in [4.78, 5) is 3.29. The van der Waals surface area contributed by atoms with Crippen molar-refractivity contribution in [3.8, 4) is 11.3 Å². The quantitative estimate of drug-likeness (QED) is 0.628. The van der Waals surface area contributed by atoms with E-state index in [0.29, 0.717) is 3.97 Å². The molecule has 0 aliphatic heterocycles. The zero-order chi connectivity index (χ0) is 19.6. The lowest BCUT2D eigenvalue weighted by Gasteiger charge is -2.13. The molecule has 142 valence electrons. The molecule has 2 N–H and O–H groups in total. The highest BCUT2D eigenvalue weighted by atomic mass is 32.2. The van der Waals surface area contributed by atoms with Crippen LogP contribution in [-0.4, -0.2) is 29.5 Å². The second kappa shape index (κ2) is 7.55. The summed E-state index contributed by atoms with van der Waals surface area (Å²) in [6, 6.07) is 8.47. The predicted octanol–water partition coefficient (Wildman–Crippen LogP) is 2.28. The van der Waals surface area contributed by atoms with Crippen LogP contribution in [-0.2, 0) is 23.2 Å². The highest BCUT2D eigenvalue weighted by molar-refractivity contribution is 7.90. The third kappa shape index (κ3) is 3.36. The molecule has 0 amide bonds. The Hall–Kier alpha value is -2.62. The average Bonchev–Trinajstić information content (AvgIpc) is 2.99. The van der Waals surface area contributed by atoms with Gasteiger partial charge in [-0.15, -0.1) is 0 Å². The Balaban J connectivity index is 2.33. The number of benzene rings is 1. The van der Waals surface area contributed by atoms with Crippen molar-refractivity contribution in [3.05, 3.63) is 71.7 Å². The molecule has 0 aliphatic carbocycles. The Morgan fingerprint density at radius 2 is 1.89 bits per heavy atom. The largest absolute Gasteiger partial charge is 0.392 e. The number of aliphatic hydroxyl groups excluding tert-OH is 1. The van der Waals surface area contributed by atoms with E-state index in [1.165, 1.54) is 36.5 Å². The van der Waals surface area contributed by atoms with Gasteiger partial charge in [-0.05, 0) is 30.8 Å². The molecule has 0 radical (unpaired) electrons. The highest BCUT2D eigenvalue weighted by Gasteiger charge is 2.29. The number of hydrogen-bond acceptors (Lipinski definition) is 5. The number of aliphatic hydroxyl groups is 1. The minimum atomic E-state index is -4.30. The van der Waals surface area contributed by atoms with Crippen LogP contribution in [0.2, 0.25) is 0 Å². The van der Waals surface area contributed by atoms with Gasteiger partial charge < -0.3 is 10.4 Å². The van der Waals surface area contributed by atoms with Gasteiger partial charge in [0.25, 0.3) is 10.0 Å². The lowest BCUT2D eigenvalue weighted by molar-refractivity contribution is 0.278. The summed E-state index contributed by atoms with van der Waals surface area (Å²) in [5.74, 6) is -1.85. The molecule has 0 saturated carbocycles. The van der Waals surface area contributed by atoms with Crippen molar-refractivity contribution in [1.29, 1.82) is 0 Å². The molecule has 0 fully saturated rings. The SMILES string of the molecule is CNCc1cn(S(=O)(=O)c2ccccc2CO)c(-c2cccnc2F)c1F. The van der Waals surface area contributed by atoms with E-state index in [9.17, 15) is 17.9 Å². The second-order valence-corrected chi connectivity index (χ2v) is 7.54. The molecule has 2 heterocycles. The van der Waals surface area contributed by atoms with Gasteiger partial charge >= 0.3 is 0 Å². The van der Waals surface area contributed by atoms with E-state index in [0.717, 1.165) is 6.20 Å². The van der Waals surface area contributed by atoms with Gasteiger partial charge in [0, 0.05) is 24.5 Å². The topological polar surface area (TPSA) is 84.2 Å². The normalized spacial score (nSPS) is 11.7. The lowest BCUT2D eigenvalue weighted by atomic mass is 10.2. The summed E-state index contributed by atoms with van der Waals surface area (Å²) in [6.07, 6.45) is 2.30. The Morgan fingerprint density at radius 1 is 1.15 bits per heavy atom. The standard InChI is InChI=1S/C18H17F2N3O3S/c1-21-9-13-10-23(17(16(13)19)14-6-4-8-22-18(14)20)27(25,26)15-7-3-2-5-12(15)11-24/h2-8,10,21,24H,9,11H2,1H3. The molecule has 0 saturated heterocycles. The summed E-state index contributed by atoms with van der Waals surface area (Å²) in [6.45, 7) is -0.468. The number of hydrogen-bond donors (Lipinski definition) is 2. The predicted molar refractivity (Wildman–Crippen MR) is 95.3 cm³/mol. The molecule has 0 aliphatic rings. The third-order valence-corrected chi connectivity index (χ3v) is 5.80. The summed E-state index contributed by atoms with van der Waals surface area (Å²) >= 11 is 0. The molecular formula is C18H17F2N3O3S. The number of halogens is 2. The summed E-state index contributed by atoms with van der Waals surface area (Å²) in [7, 11) is -2.72. The van der Waals surface area contributed by atoms with Gasteiger partial charge in [-0.1, -0.05) is 18.2 Å². The minimum absolute atomic E-state index is 0.0465. The molecule has 0 atom stereocenters. The van der Waals surface area contributed by atoms with Crippen LogP contribution < -0.4 is 5.32 Å². The Morgan fingerprint density at radius 3 is 2.56 bits per heavy atom. The molecule has 2 aromatic heterocycles. The van der Waals surface area contributed by atoms with E-state index < -0.39 is 34.1 Å². The smallest absolute Gasteiger partial charge is 0.268 e. The molecule has 3 rings (SSSR count). The van der Waals surface area contributed by atoms with Crippen molar-refractivity contribution >= 4 is 10.0 Å². The number of rotatable bonds is 6. The van der Waals surface area contributed by atoms with Crippen LogP contribution in [0.15, 0.2) is 53.7 Å². The van der Waals surface area contributed by atoms with Crippen LogP contribution in [0.25, 0.3) is 11.3 Å². The number of nitrogens with zero attached hydrogens (tertiary/aromatic N) is 2. The molecule has 1 aromatic carbocycles. The number of aromatic nitrogens is 2. The maximum atomic E-state index is 15.0. The third-order valence-electron chi connectivity index (χ3n) is 4.04. The van der Waals surface area contributed by atoms with E-state index in [4.69, 9.17) is 0 Å². The van der Waals surface area contributed by atoms with Gasteiger partial charge in [0.05, 0.1) is 17.1 Å². The van der Waals surface area contributed by atoms with Crippen LogP contribution in [0.1, 0.15) is 11.1 Å². The van der Waals surface area contributed by atoms with Crippen molar-refractivity contribution in [2.24, 2.45) is 0 Å². The van der Waals surface area contributed by atoms with Crippen LogP contribution in [0, 0.1) is 11.8 Å². The van der Waals surface area contributed by atoms with Crippen LogP contribution in [0.3, 0.4) is 0 Å². The molecule has 9 heteroatoms. The fourth-order valence-electron chi connectivity index (χ4n) is 2.81. The van der Waals surface area contributed by atoms with E-state index >= 15 is 4.39 Å². The minimum Gasteiger partial charge on any atom is -0.392 e. The number of nitrogens with one attached hydrogen (secondary N) is 1.